The van der Waals surface area contributed by atoms with E-state index >= 15 is 0 Å². The maximum atomic E-state index is 13.0. The van der Waals surface area contributed by atoms with Crippen LogP contribution in [0.25, 0.3) is 16.9 Å². The van der Waals surface area contributed by atoms with Gasteiger partial charge in [0.2, 0.25) is 0 Å². The number of aromatic nitrogens is 2. The summed E-state index contributed by atoms with van der Waals surface area (Å²) in [5.41, 5.74) is 9.62. The van der Waals surface area contributed by atoms with Crippen molar-refractivity contribution in [2.75, 3.05) is 5.73 Å². The Bertz CT molecular complexity index is 762. The molecule has 0 aliphatic rings. The van der Waals surface area contributed by atoms with E-state index in [1.54, 1.807) is 24.4 Å². The number of nitrogens with zero attached hydrogens (tertiary/aromatic N) is 2. The molecule has 3 rings (SSSR count). The van der Waals surface area contributed by atoms with Crippen molar-refractivity contribution in [3.63, 3.8) is 0 Å². The van der Waals surface area contributed by atoms with Gasteiger partial charge < -0.3 is 10.1 Å². The molecule has 0 amide bonds. The van der Waals surface area contributed by atoms with Gasteiger partial charge in [-0.3, -0.25) is 0 Å². The zero-order chi connectivity index (χ0) is 13.6. The van der Waals surface area contributed by atoms with Gasteiger partial charge in [-0.15, -0.1) is 0 Å². The normalized spacial score (nSPS) is 11.1. The van der Waals surface area contributed by atoms with Crippen LogP contribution in [0.4, 0.5) is 10.1 Å². The zero-order valence-electron chi connectivity index (χ0n) is 10.2. The molecule has 0 radical (unpaired) electrons. The molecule has 0 aliphatic heterocycles. The number of nitrogen functional groups attached to an aromatic ring is 1. The maximum Gasteiger partial charge on any atom is 0.161 e. The molecular formula is C14H11ClFN3. The third-order valence-corrected chi connectivity index (χ3v) is 3.28. The third-order valence-electron chi connectivity index (χ3n) is 3.07. The van der Waals surface area contributed by atoms with E-state index in [0.717, 1.165) is 17.0 Å². The molecule has 0 atom stereocenters. The molecule has 2 heterocycles. The number of anilines is 1. The van der Waals surface area contributed by atoms with E-state index in [0.29, 0.717) is 16.4 Å². The Morgan fingerprint density at radius 1 is 1.26 bits per heavy atom. The second-order valence-corrected chi connectivity index (χ2v) is 4.80. The van der Waals surface area contributed by atoms with Gasteiger partial charge in [-0.2, -0.15) is 0 Å². The van der Waals surface area contributed by atoms with Crippen LogP contribution < -0.4 is 5.73 Å². The summed E-state index contributed by atoms with van der Waals surface area (Å²) in [6.45, 7) is 1.93. The second-order valence-electron chi connectivity index (χ2n) is 4.36. The smallest absolute Gasteiger partial charge is 0.161 e. The molecule has 0 bridgehead atoms. The molecule has 0 spiro atoms. The van der Waals surface area contributed by atoms with E-state index < -0.39 is 0 Å². The molecule has 0 saturated heterocycles. The molecular weight excluding hydrogens is 265 g/mol. The molecule has 0 saturated carbocycles. The number of nitrogens with two attached hydrogens (primary N) is 1. The summed E-state index contributed by atoms with van der Waals surface area (Å²) < 4.78 is 14.8. The second kappa shape index (κ2) is 4.24. The number of fused-ring (bicyclic) bond motifs is 1. The van der Waals surface area contributed by atoms with Gasteiger partial charge in [0.25, 0.3) is 0 Å². The molecule has 2 N–H and O–H groups in total. The lowest BCUT2D eigenvalue weighted by atomic mass is 10.1. The highest BCUT2D eigenvalue weighted by atomic mass is 35.5. The predicted octanol–water partition coefficient (Wildman–Crippen LogP) is 3.68. The fraction of sp³-hybridized carbons (Fsp3) is 0.0714. The van der Waals surface area contributed by atoms with Crippen LogP contribution >= 0.6 is 11.6 Å². The van der Waals surface area contributed by atoms with Crippen LogP contribution in [0.15, 0.2) is 36.5 Å². The largest absolute Gasteiger partial charge is 0.396 e. The van der Waals surface area contributed by atoms with Crippen LogP contribution in [0.2, 0.25) is 5.02 Å². The Morgan fingerprint density at radius 3 is 2.63 bits per heavy atom. The number of rotatable bonds is 1. The van der Waals surface area contributed by atoms with Gasteiger partial charge in [-0.05, 0) is 37.3 Å². The fourth-order valence-corrected chi connectivity index (χ4v) is 2.35. The first-order chi connectivity index (χ1) is 9.06. The van der Waals surface area contributed by atoms with Crippen molar-refractivity contribution in [2.24, 2.45) is 0 Å². The Labute approximate surface area is 114 Å². The topological polar surface area (TPSA) is 43.3 Å². The van der Waals surface area contributed by atoms with Gasteiger partial charge in [0.05, 0.1) is 16.4 Å². The molecule has 3 nitrogen and oxygen atoms in total. The van der Waals surface area contributed by atoms with Crippen molar-refractivity contribution >= 4 is 22.9 Å². The fourth-order valence-electron chi connectivity index (χ4n) is 2.13. The number of hydrogen-bond acceptors (Lipinski definition) is 2. The van der Waals surface area contributed by atoms with Crippen LogP contribution in [0.3, 0.4) is 0 Å². The Kier molecular flexibility index (Phi) is 2.68. The molecule has 3 aromatic rings. The molecule has 2 aromatic heterocycles. The lowest BCUT2D eigenvalue weighted by Gasteiger charge is -2.01. The number of benzene rings is 1. The summed E-state index contributed by atoms with van der Waals surface area (Å²) in [7, 11) is 0. The first-order valence-corrected chi connectivity index (χ1v) is 6.13. The summed E-state index contributed by atoms with van der Waals surface area (Å²) in [5.74, 6) is -0.271. The number of imidazole rings is 1. The first-order valence-electron chi connectivity index (χ1n) is 5.76. The number of halogens is 2. The van der Waals surface area contributed by atoms with E-state index in [1.165, 1.54) is 12.1 Å². The molecule has 19 heavy (non-hydrogen) atoms. The van der Waals surface area contributed by atoms with Crippen LogP contribution in [0.1, 0.15) is 5.69 Å². The first kappa shape index (κ1) is 12.0. The van der Waals surface area contributed by atoms with Crippen LogP contribution in [-0.4, -0.2) is 9.38 Å². The minimum atomic E-state index is -0.271. The van der Waals surface area contributed by atoms with Gasteiger partial charge in [0.15, 0.2) is 5.65 Å². The van der Waals surface area contributed by atoms with Crippen molar-refractivity contribution in [3.8, 4) is 11.3 Å². The summed E-state index contributed by atoms with van der Waals surface area (Å²) in [6, 6.07) is 7.88. The minimum Gasteiger partial charge on any atom is -0.396 e. The maximum absolute atomic E-state index is 13.0. The summed E-state index contributed by atoms with van der Waals surface area (Å²) in [4.78, 5) is 4.51. The van der Waals surface area contributed by atoms with E-state index in [9.17, 15) is 4.39 Å². The lowest BCUT2D eigenvalue weighted by Crippen LogP contribution is -1.93. The van der Waals surface area contributed by atoms with Gasteiger partial charge >= 0.3 is 0 Å². The molecule has 96 valence electrons. The minimum absolute atomic E-state index is 0.271. The molecule has 0 aliphatic carbocycles. The number of aryl methyl sites for hydroxylation is 1. The van der Waals surface area contributed by atoms with Gasteiger partial charge in [-0.1, -0.05) is 11.6 Å². The highest BCUT2D eigenvalue weighted by Gasteiger charge is 2.13. The molecule has 0 unspecified atom stereocenters. The van der Waals surface area contributed by atoms with Crippen LogP contribution in [-0.2, 0) is 0 Å². The molecule has 5 heteroatoms. The lowest BCUT2D eigenvalue weighted by molar-refractivity contribution is 0.628. The Morgan fingerprint density at radius 2 is 1.95 bits per heavy atom. The third kappa shape index (κ3) is 1.94. The standard InChI is InChI=1S/C14H11ClFN3/c1-8-13(9-2-4-11(16)5-3-9)18-14-12(17)6-10(15)7-19(8)14/h2-7H,17H2,1H3. The van der Waals surface area contributed by atoms with Crippen molar-refractivity contribution in [2.45, 2.75) is 6.92 Å². The summed E-state index contributed by atoms with van der Waals surface area (Å²) >= 11 is 5.99. The Hall–Kier alpha value is -2.07. The van der Waals surface area contributed by atoms with Crippen LogP contribution in [0, 0.1) is 12.7 Å². The average Bonchev–Trinajstić information content (AvgIpc) is 2.69. The highest BCUT2D eigenvalue weighted by molar-refractivity contribution is 6.30. The van der Waals surface area contributed by atoms with Crippen molar-refractivity contribution in [1.29, 1.82) is 0 Å². The van der Waals surface area contributed by atoms with E-state index in [1.807, 2.05) is 11.3 Å². The van der Waals surface area contributed by atoms with Crippen LogP contribution in [0.5, 0.6) is 0 Å². The van der Waals surface area contributed by atoms with E-state index in [-0.39, 0.29) is 5.82 Å². The zero-order valence-corrected chi connectivity index (χ0v) is 10.9. The predicted molar refractivity (Wildman–Crippen MR) is 74.7 cm³/mol. The van der Waals surface area contributed by atoms with Gasteiger partial charge in [0, 0.05) is 17.5 Å². The monoisotopic (exact) mass is 275 g/mol. The summed E-state index contributed by atoms with van der Waals surface area (Å²) in [6.07, 6.45) is 1.77. The van der Waals surface area contributed by atoms with Gasteiger partial charge in [0.1, 0.15) is 5.82 Å². The van der Waals surface area contributed by atoms with E-state index in [2.05, 4.69) is 4.98 Å². The van der Waals surface area contributed by atoms with Crippen molar-refractivity contribution in [3.05, 3.63) is 53.1 Å². The molecule has 1 aromatic carbocycles. The molecule has 0 fully saturated rings. The summed E-state index contributed by atoms with van der Waals surface area (Å²) in [5, 5.41) is 0.552. The number of pyridine rings is 1. The average molecular weight is 276 g/mol. The van der Waals surface area contributed by atoms with Crippen molar-refractivity contribution in [1.82, 2.24) is 9.38 Å². The SMILES string of the molecule is Cc1c(-c2ccc(F)cc2)nc2c(N)cc(Cl)cn12. The van der Waals surface area contributed by atoms with E-state index in [4.69, 9.17) is 17.3 Å². The number of hydrogen-bond donors (Lipinski definition) is 1. The van der Waals surface area contributed by atoms with Crippen molar-refractivity contribution < 1.29 is 4.39 Å². The van der Waals surface area contributed by atoms with Gasteiger partial charge in [-0.25, -0.2) is 9.37 Å². The highest BCUT2D eigenvalue weighted by Crippen LogP contribution is 2.28. The Balaban J connectivity index is 2.28. The quantitative estimate of drug-likeness (QED) is 0.736.